The van der Waals surface area contributed by atoms with Crippen molar-refractivity contribution in [3.05, 3.63) is 41.6 Å². The number of hydrogen-bond donors (Lipinski definition) is 0. The van der Waals surface area contributed by atoms with E-state index < -0.39 is 0 Å². The minimum Gasteiger partial charge on any atom is -0.274 e. The summed E-state index contributed by atoms with van der Waals surface area (Å²) >= 11 is 0. The summed E-state index contributed by atoms with van der Waals surface area (Å²) in [6, 6.07) is 9.51. The van der Waals surface area contributed by atoms with Gasteiger partial charge in [-0.05, 0) is 18.1 Å². The van der Waals surface area contributed by atoms with E-state index in [-0.39, 0.29) is 11.8 Å². The number of carbonyl (C=O) groups excluding carboxylic acids is 1. The number of nitrogens with zero attached hydrogens (tertiary/aromatic N) is 2. The van der Waals surface area contributed by atoms with Gasteiger partial charge in [-0.1, -0.05) is 32.0 Å². The molecule has 1 aromatic heterocycles. The lowest BCUT2D eigenvalue weighted by Gasteiger charge is -2.16. The molecule has 0 aliphatic carbocycles. The molecule has 0 fully saturated rings. The molecule has 0 spiro atoms. The summed E-state index contributed by atoms with van der Waals surface area (Å²) < 4.78 is 0. The van der Waals surface area contributed by atoms with Crippen molar-refractivity contribution in [2.24, 2.45) is 0 Å². The van der Waals surface area contributed by atoms with Crippen molar-refractivity contribution in [3.63, 3.8) is 0 Å². The monoisotopic (exact) mass is 258 g/mol. The van der Waals surface area contributed by atoms with E-state index in [1.54, 1.807) is 7.05 Å². The normalized spacial score (nSPS) is 11.0. The summed E-state index contributed by atoms with van der Waals surface area (Å²) in [5.41, 5.74) is 2.37. The summed E-state index contributed by atoms with van der Waals surface area (Å²) in [5, 5.41) is 2.08. The Kier molecular flexibility index (Phi) is 3.81. The highest BCUT2D eigenvalue weighted by Crippen LogP contribution is 2.23. The van der Waals surface area contributed by atoms with E-state index in [0.717, 1.165) is 16.6 Å². The molecular weight excluding hydrogens is 240 g/mol. The van der Waals surface area contributed by atoms with Crippen LogP contribution in [0.15, 0.2) is 30.3 Å². The molecule has 4 heteroatoms. The van der Waals surface area contributed by atoms with Crippen LogP contribution in [0.5, 0.6) is 0 Å². The smallest absolute Gasteiger partial charge is 0.274 e. The van der Waals surface area contributed by atoms with Gasteiger partial charge in [0.1, 0.15) is 0 Å². The van der Waals surface area contributed by atoms with Crippen molar-refractivity contribution in [1.29, 1.82) is 0 Å². The lowest BCUT2D eigenvalue weighted by Crippen LogP contribution is -2.26. The molecule has 0 radical (unpaired) electrons. The highest BCUT2D eigenvalue weighted by Gasteiger charge is 2.17. The highest BCUT2D eigenvalue weighted by atomic mass is 16.7. The van der Waals surface area contributed by atoms with Crippen LogP contribution in [0.2, 0.25) is 0 Å². The SMILES string of the molecule is CON(C)C(=O)c1cc(C(C)C)nc2ccccc12. The molecule has 2 rings (SSSR count). The quantitative estimate of drug-likeness (QED) is 0.795. The van der Waals surface area contributed by atoms with Crippen LogP contribution in [-0.4, -0.2) is 30.1 Å². The van der Waals surface area contributed by atoms with E-state index in [0.29, 0.717) is 5.56 Å². The fraction of sp³-hybridized carbons (Fsp3) is 0.333. The van der Waals surface area contributed by atoms with Gasteiger partial charge in [0, 0.05) is 18.1 Å². The first-order valence-corrected chi connectivity index (χ1v) is 6.26. The fourth-order valence-corrected chi connectivity index (χ4v) is 1.92. The van der Waals surface area contributed by atoms with Crippen molar-refractivity contribution in [1.82, 2.24) is 10.0 Å². The number of benzene rings is 1. The van der Waals surface area contributed by atoms with Crippen LogP contribution in [0.3, 0.4) is 0 Å². The maximum atomic E-state index is 12.3. The minimum absolute atomic E-state index is 0.164. The number of pyridine rings is 1. The van der Waals surface area contributed by atoms with E-state index in [1.165, 1.54) is 12.2 Å². The molecule has 19 heavy (non-hydrogen) atoms. The van der Waals surface area contributed by atoms with Crippen LogP contribution in [0, 0.1) is 0 Å². The molecule has 0 aliphatic rings. The Hall–Kier alpha value is -1.94. The molecule has 100 valence electrons. The van der Waals surface area contributed by atoms with Gasteiger partial charge in [-0.3, -0.25) is 14.6 Å². The molecule has 0 saturated heterocycles. The summed E-state index contributed by atoms with van der Waals surface area (Å²) in [6.45, 7) is 4.12. The Bertz CT molecular complexity index is 608. The molecule has 2 aromatic rings. The van der Waals surface area contributed by atoms with Gasteiger partial charge in [0.25, 0.3) is 5.91 Å². The fourth-order valence-electron chi connectivity index (χ4n) is 1.92. The number of rotatable bonds is 3. The standard InChI is InChI=1S/C15H18N2O2/c1-10(2)14-9-12(15(18)17(3)19-4)11-7-5-6-8-13(11)16-14/h5-10H,1-4H3. The summed E-state index contributed by atoms with van der Waals surface area (Å²) in [6.07, 6.45) is 0. The second-order valence-corrected chi connectivity index (χ2v) is 4.75. The molecular formula is C15H18N2O2. The van der Waals surface area contributed by atoms with Gasteiger partial charge in [0.15, 0.2) is 0 Å². The Labute approximate surface area is 113 Å². The van der Waals surface area contributed by atoms with Crippen LogP contribution < -0.4 is 0 Å². The average Bonchev–Trinajstić information content (AvgIpc) is 2.44. The van der Waals surface area contributed by atoms with E-state index in [9.17, 15) is 4.79 Å². The van der Waals surface area contributed by atoms with Crippen molar-refractivity contribution in [3.8, 4) is 0 Å². The Morgan fingerprint density at radius 1 is 1.32 bits per heavy atom. The van der Waals surface area contributed by atoms with Gasteiger partial charge in [-0.2, -0.15) is 0 Å². The molecule has 1 aromatic carbocycles. The lowest BCUT2D eigenvalue weighted by atomic mass is 10.0. The van der Waals surface area contributed by atoms with Gasteiger partial charge < -0.3 is 0 Å². The third-order valence-electron chi connectivity index (χ3n) is 3.12. The van der Waals surface area contributed by atoms with Crippen LogP contribution in [0.4, 0.5) is 0 Å². The Morgan fingerprint density at radius 2 is 2.00 bits per heavy atom. The van der Waals surface area contributed by atoms with Crippen LogP contribution in [0.25, 0.3) is 10.9 Å². The summed E-state index contributed by atoms with van der Waals surface area (Å²) in [5.74, 6) is 0.104. The predicted octanol–water partition coefficient (Wildman–Crippen LogP) is 2.99. The number of hydrogen-bond acceptors (Lipinski definition) is 3. The average molecular weight is 258 g/mol. The van der Waals surface area contributed by atoms with E-state index in [4.69, 9.17) is 4.84 Å². The van der Waals surface area contributed by atoms with Gasteiger partial charge in [0.2, 0.25) is 0 Å². The van der Waals surface area contributed by atoms with Gasteiger partial charge in [-0.25, -0.2) is 5.06 Å². The Balaban J connectivity index is 2.66. The molecule has 1 heterocycles. The summed E-state index contributed by atoms with van der Waals surface area (Å²) in [4.78, 5) is 21.9. The van der Waals surface area contributed by atoms with Gasteiger partial charge >= 0.3 is 0 Å². The molecule has 4 nitrogen and oxygen atoms in total. The summed E-state index contributed by atoms with van der Waals surface area (Å²) in [7, 11) is 3.08. The number of hydroxylamine groups is 2. The zero-order chi connectivity index (χ0) is 14.0. The maximum absolute atomic E-state index is 12.3. The van der Waals surface area contributed by atoms with Crippen molar-refractivity contribution in [2.75, 3.05) is 14.2 Å². The van der Waals surface area contributed by atoms with E-state index in [1.807, 2.05) is 30.3 Å². The van der Waals surface area contributed by atoms with Crippen LogP contribution in [0.1, 0.15) is 35.8 Å². The third-order valence-corrected chi connectivity index (χ3v) is 3.12. The maximum Gasteiger partial charge on any atom is 0.277 e. The molecule has 0 atom stereocenters. The lowest BCUT2D eigenvalue weighted by molar-refractivity contribution is -0.0755. The first kappa shape index (κ1) is 13.5. The number of carbonyl (C=O) groups is 1. The first-order valence-electron chi connectivity index (χ1n) is 6.26. The second-order valence-electron chi connectivity index (χ2n) is 4.75. The molecule has 0 unspecified atom stereocenters. The Morgan fingerprint density at radius 3 is 2.63 bits per heavy atom. The minimum atomic E-state index is -0.164. The zero-order valence-electron chi connectivity index (χ0n) is 11.7. The third kappa shape index (κ3) is 2.58. The number of para-hydroxylation sites is 1. The van der Waals surface area contributed by atoms with Crippen LogP contribution in [-0.2, 0) is 4.84 Å². The number of aromatic nitrogens is 1. The second kappa shape index (κ2) is 5.36. The molecule has 0 N–H and O–H groups in total. The molecule has 0 bridgehead atoms. The molecule has 1 amide bonds. The highest BCUT2D eigenvalue weighted by molar-refractivity contribution is 6.05. The number of amides is 1. The largest absolute Gasteiger partial charge is 0.277 e. The number of fused-ring (bicyclic) bond motifs is 1. The van der Waals surface area contributed by atoms with Crippen LogP contribution >= 0.6 is 0 Å². The van der Waals surface area contributed by atoms with E-state index >= 15 is 0 Å². The van der Waals surface area contributed by atoms with Crippen molar-refractivity contribution >= 4 is 16.8 Å². The first-order chi connectivity index (χ1) is 9.04. The van der Waals surface area contributed by atoms with Gasteiger partial charge in [0.05, 0.1) is 18.2 Å². The van der Waals surface area contributed by atoms with Crippen molar-refractivity contribution in [2.45, 2.75) is 19.8 Å². The molecule has 0 aliphatic heterocycles. The topological polar surface area (TPSA) is 42.4 Å². The van der Waals surface area contributed by atoms with Gasteiger partial charge in [-0.15, -0.1) is 0 Å². The molecule has 0 saturated carbocycles. The zero-order valence-corrected chi connectivity index (χ0v) is 11.7. The van der Waals surface area contributed by atoms with Crippen molar-refractivity contribution < 1.29 is 9.63 Å². The van der Waals surface area contributed by atoms with E-state index in [2.05, 4.69) is 18.8 Å². The predicted molar refractivity (Wildman–Crippen MR) is 74.9 cm³/mol.